The Bertz CT molecular complexity index is 621. The van der Waals surface area contributed by atoms with Crippen molar-refractivity contribution in [3.8, 4) is 11.5 Å². The van der Waals surface area contributed by atoms with Crippen LogP contribution in [0.25, 0.3) is 0 Å². The average molecular weight is 304 g/mol. The van der Waals surface area contributed by atoms with E-state index in [0.29, 0.717) is 23.7 Å². The highest BCUT2D eigenvalue weighted by Gasteiger charge is 2.39. The fraction of sp³-hybridized carbons (Fsp3) is 0.500. The molecule has 1 fully saturated rings. The molecule has 0 aromatic heterocycles. The van der Waals surface area contributed by atoms with Gasteiger partial charge in [0, 0.05) is 30.3 Å². The van der Waals surface area contributed by atoms with Gasteiger partial charge >= 0.3 is 0 Å². The minimum Gasteiger partial charge on any atom is -0.454 e. The standard InChI is InChI=1S/C16H20N2O4/c1-16(2,3)18-8-10(6-14(18)19)15(20)17-11-4-5-12-13(7-11)22-9-21-12/h4-5,7,10H,6,8-9H2,1-3H3,(H,17,20)/t10-/m1/s1. The normalized spacial score (nSPS) is 20.4. The van der Waals surface area contributed by atoms with Gasteiger partial charge in [0.25, 0.3) is 0 Å². The van der Waals surface area contributed by atoms with Crippen LogP contribution in [-0.4, -0.2) is 35.6 Å². The van der Waals surface area contributed by atoms with Crippen LogP contribution in [0.1, 0.15) is 27.2 Å². The summed E-state index contributed by atoms with van der Waals surface area (Å²) < 4.78 is 10.5. The van der Waals surface area contributed by atoms with Crippen molar-refractivity contribution in [1.29, 1.82) is 0 Å². The van der Waals surface area contributed by atoms with Gasteiger partial charge in [-0.3, -0.25) is 9.59 Å². The highest BCUT2D eigenvalue weighted by atomic mass is 16.7. The minimum absolute atomic E-state index is 0.0262. The molecule has 1 saturated heterocycles. The number of carbonyl (C=O) groups is 2. The van der Waals surface area contributed by atoms with Gasteiger partial charge in [-0.15, -0.1) is 0 Å². The molecule has 1 aromatic rings. The Morgan fingerprint density at radius 3 is 2.68 bits per heavy atom. The number of rotatable bonds is 2. The van der Waals surface area contributed by atoms with E-state index >= 15 is 0 Å². The number of ether oxygens (including phenoxy) is 2. The molecule has 0 unspecified atom stereocenters. The Morgan fingerprint density at radius 2 is 2.00 bits per heavy atom. The lowest BCUT2D eigenvalue weighted by atomic mass is 10.1. The predicted molar refractivity (Wildman–Crippen MR) is 80.8 cm³/mol. The van der Waals surface area contributed by atoms with Gasteiger partial charge in [0.05, 0.1) is 5.92 Å². The lowest BCUT2D eigenvalue weighted by Gasteiger charge is -2.31. The van der Waals surface area contributed by atoms with Crippen LogP contribution < -0.4 is 14.8 Å². The Balaban J connectivity index is 1.67. The predicted octanol–water partition coefficient (Wildman–Crippen LogP) is 2.00. The van der Waals surface area contributed by atoms with Crippen LogP contribution in [-0.2, 0) is 9.59 Å². The molecule has 0 aliphatic carbocycles. The van der Waals surface area contributed by atoms with Crippen molar-refractivity contribution in [2.24, 2.45) is 5.92 Å². The molecule has 3 rings (SSSR count). The van der Waals surface area contributed by atoms with E-state index in [1.54, 1.807) is 23.1 Å². The second kappa shape index (κ2) is 5.19. The van der Waals surface area contributed by atoms with Crippen LogP contribution in [0.5, 0.6) is 11.5 Å². The number of likely N-dealkylation sites (tertiary alicyclic amines) is 1. The lowest BCUT2D eigenvalue weighted by Crippen LogP contribution is -2.42. The van der Waals surface area contributed by atoms with E-state index in [9.17, 15) is 9.59 Å². The summed E-state index contributed by atoms with van der Waals surface area (Å²) in [6.07, 6.45) is 0.258. The molecule has 2 aliphatic rings. The first-order chi connectivity index (χ1) is 10.3. The number of anilines is 1. The van der Waals surface area contributed by atoms with Crippen LogP contribution in [0, 0.1) is 5.92 Å². The van der Waals surface area contributed by atoms with Crippen molar-refractivity contribution in [3.63, 3.8) is 0 Å². The maximum atomic E-state index is 12.4. The van der Waals surface area contributed by atoms with E-state index in [1.165, 1.54) is 0 Å². The number of hydrogen-bond donors (Lipinski definition) is 1. The minimum atomic E-state index is -0.322. The van der Waals surface area contributed by atoms with Crippen LogP contribution in [0.3, 0.4) is 0 Å². The van der Waals surface area contributed by atoms with Crippen molar-refractivity contribution in [3.05, 3.63) is 18.2 Å². The quantitative estimate of drug-likeness (QED) is 0.907. The number of nitrogens with zero attached hydrogens (tertiary/aromatic N) is 1. The first-order valence-corrected chi connectivity index (χ1v) is 7.35. The fourth-order valence-corrected chi connectivity index (χ4v) is 2.75. The molecule has 2 heterocycles. The van der Waals surface area contributed by atoms with Gasteiger partial charge in [0.1, 0.15) is 0 Å². The summed E-state index contributed by atoms with van der Waals surface area (Å²) in [5.41, 5.74) is 0.390. The van der Waals surface area contributed by atoms with Crippen LogP contribution >= 0.6 is 0 Å². The molecule has 2 amide bonds. The molecule has 1 atom stereocenters. The average Bonchev–Trinajstić information content (AvgIpc) is 3.03. The smallest absolute Gasteiger partial charge is 0.231 e. The van der Waals surface area contributed by atoms with Crippen molar-refractivity contribution in [1.82, 2.24) is 4.90 Å². The number of fused-ring (bicyclic) bond motifs is 1. The van der Waals surface area contributed by atoms with Crippen molar-refractivity contribution in [2.75, 3.05) is 18.7 Å². The molecule has 0 radical (unpaired) electrons. The number of hydrogen-bond acceptors (Lipinski definition) is 4. The number of benzene rings is 1. The molecule has 22 heavy (non-hydrogen) atoms. The van der Waals surface area contributed by atoms with Crippen molar-refractivity contribution in [2.45, 2.75) is 32.7 Å². The maximum Gasteiger partial charge on any atom is 0.231 e. The second-order valence-electron chi connectivity index (χ2n) is 6.63. The van der Waals surface area contributed by atoms with Gasteiger partial charge in [0.2, 0.25) is 18.6 Å². The molecule has 6 nitrogen and oxygen atoms in total. The van der Waals surface area contributed by atoms with Crippen molar-refractivity contribution < 1.29 is 19.1 Å². The fourth-order valence-electron chi connectivity index (χ4n) is 2.75. The number of nitrogens with one attached hydrogen (secondary N) is 1. The molecule has 2 aliphatic heterocycles. The van der Waals surface area contributed by atoms with E-state index in [2.05, 4.69) is 5.32 Å². The van der Waals surface area contributed by atoms with Gasteiger partial charge in [-0.2, -0.15) is 0 Å². The third-order valence-corrected chi connectivity index (χ3v) is 3.95. The summed E-state index contributed by atoms with van der Waals surface area (Å²) in [5.74, 6) is 0.860. The molecule has 1 N–H and O–H groups in total. The summed E-state index contributed by atoms with van der Waals surface area (Å²) in [4.78, 5) is 26.2. The van der Waals surface area contributed by atoms with Gasteiger partial charge in [-0.25, -0.2) is 0 Å². The van der Waals surface area contributed by atoms with Crippen LogP contribution in [0.4, 0.5) is 5.69 Å². The summed E-state index contributed by atoms with van der Waals surface area (Å²) >= 11 is 0. The third-order valence-electron chi connectivity index (χ3n) is 3.95. The second-order valence-corrected chi connectivity index (χ2v) is 6.63. The van der Waals surface area contributed by atoms with E-state index in [1.807, 2.05) is 20.8 Å². The van der Waals surface area contributed by atoms with E-state index in [4.69, 9.17) is 9.47 Å². The number of carbonyl (C=O) groups excluding carboxylic acids is 2. The lowest BCUT2D eigenvalue weighted by molar-refractivity contribution is -0.131. The first-order valence-electron chi connectivity index (χ1n) is 7.35. The third kappa shape index (κ3) is 2.73. The molecular formula is C16H20N2O4. The van der Waals surface area contributed by atoms with Crippen molar-refractivity contribution >= 4 is 17.5 Å². The summed E-state index contributed by atoms with van der Waals surface area (Å²) in [6.45, 7) is 6.58. The largest absolute Gasteiger partial charge is 0.454 e. The molecule has 1 aromatic carbocycles. The molecule has 0 bridgehead atoms. The zero-order valence-electron chi connectivity index (χ0n) is 13.0. The SMILES string of the molecule is CC(C)(C)N1C[C@H](C(=O)Nc2ccc3c(c2)OCO3)CC1=O. The topological polar surface area (TPSA) is 67.9 Å². The molecule has 0 saturated carbocycles. The zero-order valence-corrected chi connectivity index (χ0v) is 13.0. The molecule has 0 spiro atoms. The van der Waals surface area contributed by atoms with Gasteiger partial charge in [-0.05, 0) is 32.9 Å². The maximum absolute atomic E-state index is 12.4. The number of amides is 2. The summed E-state index contributed by atoms with van der Waals surface area (Å²) in [7, 11) is 0. The Labute approximate surface area is 129 Å². The highest BCUT2D eigenvalue weighted by Crippen LogP contribution is 2.34. The summed E-state index contributed by atoms with van der Waals surface area (Å²) in [5, 5.41) is 2.85. The Morgan fingerprint density at radius 1 is 1.27 bits per heavy atom. The molecular weight excluding hydrogens is 284 g/mol. The molecule has 118 valence electrons. The van der Waals surface area contributed by atoms with Gasteiger partial charge in [0.15, 0.2) is 11.5 Å². The Kier molecular flexibility index (Phi) is 3.47. The van der Waals surface area contributed by atoms with E-state index in [0.717, 1.165) is 0 Å². The monoisotopic (exact) mass is 304 g/mol. The Hall–Kier alpha value is -2.24. The highest BCUT2D eigenvalue weighted by molar-refractivity contribution is 5.97. The first kappa shape index (κ1) is 14.7. The van der Waals surface area contributed by atoms with Crippen LogP contribution in [0.2, 0.25) is 0 Å². The van der Waals surface area contributed by atoms with Gasteiger partial charge < -0.3 is 19.7 Å². The van der Waals surface area contributed by atoms with Gasteiger partial charge in [-0.1, -0.05) is 0 Å². The molecule has 6 heteroatoms. The van der Waals surface area contributed by atoms with E-state index in [-0.39, 0.29) is 36.5 Å². The van der Waals surface area contributed by atoms with E-state index < -0.39 is 0 Å². The zero-order chi connectivity index (χ0) is 15.9. The summed E-state index contributed by atoms with van der Waals surface area (Å²) in [6, 6.07) is 5.27. The van der Waals surface area contributed by atoms with Crippen LogP contribution in [0.15, 0.2) is 18.2 Å².